The highest BCUT2D eigenvalue weighted by atomic mass is 16.5. The maximum atomic E-state index is 13.7. The number of ether oxygens (including phenoxy) is 1. The van der Waals surface area contributed by atoms with Gasteiger partial charge in [-0.2, -0.15) is 0 Å². The molecule has 1 aliphatic heterocycles. The Hall–Kier alpha value is -1.75. The number of benzene rings is 1. The predicted octanol–water partition coefficient (Wildman–Crippen LogP) is 5.59. The van der Waals surface area contributed by atoms with Crippen LogP contribution in [-0.4, -0.2) is 68.6 Å². The van der Waals surface area contributed by atoms with E-state index < -0.39 is 0 Å². The van der Waals surface area contributed by atoms with Crippen molar-refractivity contribution in [3.8, 4) is 5.75 Å². The van der Waals surface area contributed by atoms with Gasteiger partial charge in [-0.3, -0.25) is 9.69 Å². The molecule has 5 nitrogen and oxygen atoms in total. The zero-order valence-electron chi connectivity index (χ0n) is 21.9. The molecule has 3 aliphatic rings. The summed E-state index contributed by atoms with van der Waals surface area (Å²) in [5.74, 6) is 2.14. The van der Waals surface area contributed by atoms with Crippen molar-refractivity contribution < 1.29 is 9.53 Å². The lowest BCUT2D eigenvalue weighted by molar-refractivity contribution is -0.144. The first-order valence-corrected chi connectivity index (χ1v) is 13.9. The molecule has 1 unspecified atom stereocenters. The maximum absolute atomic E-state index is 13.7. The average molecular weight is 470 g/mol. The Bertz CT molecular complexity index is 777. The smallest absolute Gasteiger partial charge is 0.228 e. The van der Waals surface area contributed by atoms with E-state index in [2.05, 4.69) is 40.8 Å². The van der Waals surface area contributed by atoms with Gasteiger partial charge in [-0.15, -0.1) is 0 Å². The second kappa shape index (κ2) is 11.8. The topological polar surface area (TPSA) is 36.0 Å². The van der Waals surface area contributed by atoms with E-state index in [-0.39, 0.29) is 5.41 Å². The van der Waals surface area contributed by atoms with Crippen LogP contribution in [-0.2, 0) is 4.79 Å². The normalized spacial score (nSPS) is 22.9. The van der Waals surface area contributed by atoms with Crippen LogP contribution in [0.2, 0.25) is 0 Å². The lowest BCUT2D eigenvalue weighted by Crippen LogP contribution is -2.54. The lowest BCUT2D eigenvalue weighted by atomic mass is 9.74. The van der Waals surface area contributed by atoms with Crippen LogP contribution in [0.5, 0.6) is 5.75 Å². The van der Waals surface area contributed by atoms with Crippen molar-refractivity contribution in [2.45, 2.75) is 83.6 Å². The largest absolute Gasteiger partial charge is 0.495 e. The summed E-state index contributed by atoms with van der Waals surface area (Å²) >= 11 is 0. The number of anilines is 1. The zero-order valence-corrected chi connectivity index (χ0v) is 21.9. The Balaban J connectivity index is 1.40. The fourth-order valence-corrected chi connectivity index (χ4v) is 6.66. The number of carbonyl (C=O) groups excluding carboxylic acids is 1. The molecule has 1 atom stereocenters. The highest BCUT2D eigenvalue weighted by Gasteiger charge is 2.39. The van der Waals surface area contributed by atoms with E-state index in [4.69, 9.17) is 4.74 Å². The summed E-state index contributed by atoms with van der Waals surface area (Å²) in [6.45, 7) is 7.33. The van der Waals surface area contributed by atoms with Crippen LogP contribution in [0.4, 0.5) is 5.69 Å². The van der Waals surface area contributed by atoms with Crippen molar-refractivity contribution in [1.29, 1.82) is 0 Å². The van der Waals surface area contributed by atoms with E-state index in [1.54, 1.807) is 7.11 Å². The first-order valence-electron chi connectivity index (χ1n) is 13.9. The number of carbonyl (C=O) groups is 1. The van der Waals surface area contributed by atoms with Gasteiger partial charge in [0.25, 0.3) is 0 Å². The molecule has 0 spiro atoms. The minimum Gasteiger partial charge on any atom is -0.495 e. The van der Waals surface area contributed by atoms with E-state index in [9.17, 15) is 4.79 Å². The summed E-state index contributed by atoms with van der Waals surface area (Å²) < 4.78 is 5.60. The van der Waals surface area contributed by atoms with Gasteiger partial charge in [0.2, 0.25) is 5.91 Å². The molecule has 0 N–H and O–H groups in total. The van der Waals surface area contributed by atoms with Crippen LogP contribution in [0.3, 0.4) is 0 Å². The number of nitrogens with zero attached hydrogens (tertiary/aromatic N) is 3. The third-order valence-electron chi connectivity index (χ3n) is 8.94. The molecule has 3 fully saturated rings. The van der Waals surface area contributed by atoms with E-state index in [0.717, 1.165) is 57.2 Å². The van der Waals surface area contributed by atoms with Crippen LogP contribution >= 0.6 is 0 Å². The molecule has 2 aliphatic carbocycles. The number of likely N-dealkylation sites (N-methyl/N-ethyl adjacent to an activating group) is 1. The number of hydrogen-bond donors (Lipinski definition) is 0. The van der Waals surface area contributed by atoms with Gasteiger partial charge < -0.3 is 14.5 Å². The van der Waals surface area contributed by atoms with Gasteiger partial charge in [-0.25, -0.2) is 0 Å². The molecule has 0 radical (unpaired) electrons. The van der Waals surface area contributed by atoms with Crippen LogP contribution in [0.15, 0.2) is 24.3 Å². The molecule has 0 bridgehead atoms. The van der Waals surface area contributed by atoms with Crippen molar-refractivity contribution in [2.75, 3.05) is 51.8 Å². The molecule has 190 valence electrons. The summed E-state index contributed by atoms with van der Waals surface area (Å²) in [5, 5.41) is 0. The molecule has 1 aromatic carbocycles. The maximum Gasteiger partial charge on any atom is 0.228 e. The van der Waals surface area contributed by atoms with Gasteiger partial charge in [0.1, 0.15) is 5.75 Å². The number of rotatable bonds is 8. The molecular weight excluding hydrogens is 422 g/mol. The van der Waals surface area contributed by atoms with Crippen LogP contribution in [0.25, 0.3) is 0 Å². The molecule has 1 saturated heterocycles. The number of hydrogen-bond acceptors (Lipinski definition) is 4. The summed E-state index contributed by atoms with van der Waals surface area (Å²) in [6.07, 6.45) is 13.8. The van der Waals surface area contributed by atoms with Gasteiger partial charge >= 0.3 is 0 Å². The van der Waals surface area contributed by atoms with Crippen LogP contribution in [0.1, 0.15) is 77.6 Å². The van der Waals surface area contributed by atoms with E-state index in [0.29, 0.717) is 11.9 Å². The van der Waals surface area contributed by atoms with E-state index >= 15 is 0 Å². The Kier molecular flexibility index (Phi) is 8.79. The molecule has 1 aromatic rings. The van der Waals surface area contributed by atoms with Crippen molar-refractivity contribution in [2.24, 2.45) is 11.3 Å². The van der Waals surface area contributed by atoms with Gasteiger partial charge in [0, 0.05) is 51.2 Å². The molecule has 4 rings (SSSR count). The third kappa shape index (κ3) is 6.08. The summed E-state index contributed by atoms with van der Waals surface area (Å²) in [5.41, 5.74) is 1.04. The monoisotopic (exact) mass is 469 g/mol. The predicted molar refractivity (Wildman–Crippen MR) is 141 cm³/mol. The van der Waals surface area contributed by atoms with Crippen molar-refractivity contribution in [3.05, 3.63) is 24.3 Å². The number of piperazine rings is 1. The fourth-order valence-electron chi connectivity index (χ4n) is 6.66. The van der Waals surface area contributed by atoms with Gasteiger partial charge in [0.05, 0.1) is 12.8 Å². The minimum atomic E-state index is -0.152. The minimum absolute atomic E-state index is 0.152. The summed E-state index contributed by atoms with van der Waals surface area (Å²) in [7, 11) is 3.87. The van der Waals surface area contributed by atoms with Crippen molar-refractivity contribution >= 4 is 11.6 Å². The number of amides is 1. The van der Waals surface area contributed by atoms with Crippen molar-refractivity contribution in [1.82, 2.24) is 9.80 Å². The number of methoxy groups -OCH3 is 1. The molecular formula is C29H47N3O2. The standard InChI is InChI=1S/C29H47N3O2/c1-29(16-10-5-11-17-29)28(33)30(2)25(22-24-12-6-4-7-13-24)23-31-18-20-32(21-19-31)26-14-8-9-15-27(26)34-3/h8-9,14-15,24-25H,4-7,10-13,16-23H2,1-3H3. The van der Waals surface area contributed by atoms with Crippen LogP contribution in [0, 0.1) is 11.3 Å². The summed E-state index contributed by atoms with van der Waals surface area (Å²) in [6, 6.07) is 8.67. The highest BCUT2D eigenvalue weighted by molar-refractivity contribution is 5.82. The van der Waals surface area contributed by atoms with E-state index in [1.165, 1.54) is 63.5 Å². The SMILES string of the molecule is COc1ccccc1N1CCN(CC(CC2CCCCC2)N(C)C(=O)C2(C)CCCCC2)CC1. The second-order valence-corrected chi connectivity index (χ2v) is 11.4. The second-order valence-electron chi connectivity index (χ2n) is 11.4. The highest BCUT2D eigenvalue weighted by Crippen LogP contribution is 2.38. The van der Waals surface area contributed by atoms with E-state index in [1.807, 2.05) is 12.1 Å². The quantitative estimate of drug-likeness (QED) is 0.498. The molecule has 2 saturated carbocycles. The van der Waals surface area contributed by atoms with Crippen molar-refractivity contribution in [3.63, 3.8) is 0 Å². The fraction of sp³-hybridized carbons (Fsp3) is 0.759. The van der Waals surface area contributed by atoms with Gasteiger partial charge in [-0.1, -0.05) is 70.4 Å². The lowest BCUT2D eigenvalue weighted by Gasteiger charge is -2.43. The first-order chi connectivity index (χ1) is 16.5. The Morgan fingerprint density at radius 1 is 1.03 bits per heavy atom. The molecule has 1 amide bonds. The van der Waals surface area contributed by atoms with Gasteiger partial charge in [0.15, 0.2) is 0 Å². The Morgan fingerprint density at radius 2 is 1.68 bits per heavy atom. The zero-order chi connectivity index (χ0) is 24.0. The van der Waals surface area contributed by atoms with Gasteiger partial charge in [-0.05, 0) is 37.3 Å². The third-order valence-corrected chi connectivity index (χ3v) is 8.94. The summed E-state index contributed by atoms with van der Waals surface area (Å²) in [4.78, 5) is 21.0. The first kappa shape index (κ1) is 25.3. The number of para-hydroxylation sites is 2. The molecule has 1 heterocycles. The average Bonchev–Trinajstić information content (AvgIpc) is 2.89. The Labute approximate surface area is 207 Å². The molecule has 5 heteroatoms. The molecule has 34 heavy (non-hydrogen) atoms. The van der Waals surface area contributed by atoms with Crippen LogP contribution < -0.4 is 9.64 Å². The molecule has 0 aromatic heterocycles. The Morgan fingerprint density at radius 3 is 2.35 bits per heavy atom.